The number of carbonyl (C=O) groups excluding carboxylic acids is 2. The van der Waals surface area contributed by atoms with E-state index in [0.717, 1.165) is 11.1 Å². The molecule has 21 heavy (non-hydrogen) atoms. The Labute approximate surface area is 125 Å². The molecule has 2 rings (SSSR count). The number of hydrogen-bond donors (Lipinski definition) is 0. The Bertz CT molecular complexity index is 534. The first-order valence-corrected chi connectivity index (χ1v) is 7.16. The minimum Gasteiger partial charge on any atom is -0.375 e. The van der Waals surface area contributed by atoms with E-state index in [9.17, 15) is 9.59 Å². The molecule has 0 aromatic heterocycles. The van der Waals surface area contributed by atoms with Crippen LogP contribution in [0, 0.1) is 13.8 Å². The van der Waals surface area contributed by atoms with Crippen LogP contribution in [0.15, 0.2) is 18.2 Å². The zero-order valence-electron chi connectivity index (χ0n) is 12.9. The Hall–Kier alpha value is -1.88. The standard InChI is InChI=1S/C16H22N2O3/c1-12-4-5-14(10-13(12)2)16(20)18-8-6-17(7-9-18)15(19)11-21-3/h4-5,10H,6-9,11H2,1-3H3. The quantitative estimate of drug-likeness (QED) is 0.841. The third-order valence-electron chi connectivity index (χ3n) is 3.94. The van der Waals surface area contributed by atoms with Crippen LogP contribution in [0.3, 0.4) is 0 Å². The first kappa shape index (κ1) is 15.5. The second kappa shape index (κ2) is 6.72. The molecule has 1 saturated heterocycles. The van der Waals surface area contributed by atoms with Crippen LogP contribution in [0.5, 0.6) is 0 Å². The van der Waals surface area contributed by atoms with E-state index >= 15 is 0 Å². The second-order valence-corrected chi connectivity index (χ2v) is 5.41. The zero-order valence-corrected chi connectivity index (χ0v) is 12.9. The lowest BCUT2D eigenvalue weighted by atomic mass is 10.1. The highest BCUT2D eigenvalue weighted by Gasteiger charge is 2.24. The Morgan fingerprint density at radius 1 is 1.05 bits per heavy atom. The molecule has 1 heterocycles. The molecular weight excluding hydrogens is 268 g/mol. The summed E-state index contributed by atoms with van der Waals surface area (Å²) in [5.41, 5.74) is 3.02. The van der Waals surface area contributed by atoms with Gasteiger partial charge in [-0.25, -0.2) is 0 Å². The van der Waals surface area contributed by atoms with Crippen LogP contribution in [0.2, 0.25) is 0 Å². The molecule has 0 radical (unpaired) electrons. The lowest BCUT2D eigenvalue weighted by molar-refractivity contribution is -0.136. The lowest BCUT2D eigenvalue weighted by Gasteiger charge is -2.34. The highest BCUT2D eigenvalue weighted by Crippen LogP contribution is 2.13. The number of rotatable bonds is 3. The summed E-state index contributed by atoms with van der Waals surface area (Å²) >= 11 is 0. The van der Waals surface area contributed by atoms with Crippen molar-refractivity contribution in [3.8, 4) is 0 Å². The van der Waals surface area contributed by atoms with Gasteiger partial charge < -0.3 is 14.5 Å². The number of carbonyl (C=O) groups is 2. The van der Waals surface area contributed by atoms with Crippen molar-refractivity contribution in [1.29, 1.82) is 0 Å². The summed E-state index contributed by atoms with van der Waals surface area (Å²) in [5.74, 6) is 0.0210. The number of amides is 2. The summed E-state index contributed by atoms with van der Waals surface area (Å²) in [6.07, 6.45) is 0. The van der Waals surface area contributed by atoms with Gasteiger partial charge in [0.2, 0.25) is 5.91 Å². The smallest absolute Gasteiger partial charge is 0.253 e. The summed E-state index contributed by atoms with van der Waals surface area (Å²) in [7, 11) is 1.51. The van der Waals surface area contributed by atoms with Crippen molar-refractivity contribution in [1.82, 2.24) is 9.80 Å². The fourth-order valence-corrected chi connectivity index (χ4v) is 2.43. The number of benzene rings is 1. The van der Waals surface area contributed by atoms with Gasteiger partial charge in [-0.2, -0.15) is 0 Å². The molecule has 0 unspecified atom stereocenters. The molecule has 1 aromatic carbocycles. The van der Waals surface area contributed by atoms with Gasteiger partial charge in [-0.15, -0.1) is 0 Å². The van der Waals surface area contributed by atoms with Gasteiger partial charge >= 0.3 is 0 Å². The van der Waals surface area contributed by atoms with Crippen molar-refractivity contribution < 1.29 is 14.3 Å². The fraction of sp³-hybridized carbons (Fsp3) is 0.500. The molecule has 0 N–H and O–H groups in total. The molecule has 0 saturated carbocycles. The van der Waals surface area contributed by atoms with Crippen molar-refractivity contribution in [2.75, 3.05) is 39.9 Å². The highest BCUT2D eigenvalue weighted by atomic mass is 16.5. The fourth-order valence-electron chi connectivity index (χ4n) is 2.43. The van der Waals surface area contributed by atoms with Crippen molar-refractivity contribution in [2.45, 2.75) is 13.8 Å². The van der Waals surface area contributed by atoms with Crippen LogP contribution in [0.25, 0.3) is 0 Å². The van der Waals surface area contributed by atoms with Crippen molar-refractivity contribution >= 4 is 11.8 Å². The molecule has 5 nitrogen and oxygen atoms in total. The largest absolute Gasteiger partial charge is 0.375 e. The van der Waals surface area contributed by atoms with Gasteiger partial charge in [-0.05, 0) is 37.1 Å². The van der Waals surface area contributed by atoms with E-state index in [4.69, 9.17) is 4.74 Å². The first-order valence-electron chi connectivity index (χ1n) is 7.16. The molecular formula is C16H22N2O3. The van der Waals surface area contributed by atoms with Crippen LogP contribution in [-0.4, -0.2) is 61.5 Å². The SMILES string of the molecule is COCC(=O)N1CCN(C(=O)c2ccc(C)c(C)c2)CC1. The molecule has 1 aliphatic heterocycles. The normalized spacial score (nSPS) is 15.2. The molecule has 1 aromatic rings. The van der Waals surface area contributed by atoms with Gasteiger partial charge in [0, 0.05) is 38.9 Å². The van der Waals surface area contributed by atoms with Crippen molar-refractivity contribution in [3.05, 3.63) is 34.9 Å². The molecule has 1 fully saturated rings. The maximum absolute atomic E-state index is 12.5. The van der Waals surface area contributed by atoms with Crippen LogP contribution >= 0.6 is 0 Å². The van der Waals surface area contributed by atoms with Gasteiger partial charge in [-0.3, -0.25) is 9.59 Å². The minimum absolute atomic E-state index is 0.0178. The number of piperazine rings is 1. The third kappa shape index (κ3) is 3.61. The van der Waals surface area contributed by atoms with Gasteiger partial charge in [0.15, 0.2) is 0 Å². The summed E-state index contributed by atoms with van der Waals surface area (Å²) in [5, 5.41) is 0. The summed E-state index contributed by atoms with van der Waals surface area (Å²) in [6.45, 7) is 6.42. The first-order chi connectivity index (χ1) is 10.0. The van der Waals surface area contributed by atoms with E-state index in [-0.39, 0.29) is 18.4 Å². The average Bonchev–Trinajstić information content (AvgIpc) is 2.50. The van der Waals surface area contributed by atoms with Gasteiger partial charge in [0.25, 0.3) is 5.91 Å². The molecule has 0 bridgehead atoms. The Balaban J connectivity index is 1.97. The van der Waals surface area contributed by atoms with Crippen LogP contribution in [0.4, 0.5) is 0 Å². The molecule has 114 valence electrons. The molecule has 2 amide bonds. The monoisotopic (exact) mass is 290 g/mol. The van der Waals surface area contributed by atoms with E-state index in [0.29, 0.717) is 26.2 Å². The van der Waals surface area contributed by atoms with Crippen molar-refractivity contribution in [3.63, 3.8) is 0 Å². The zero-order chi connectivity index (χ0) is 15.4. The highest BCUT2D eigenvalue weighted by molar-refractivity contribution is 5.94. The van der Waals surface area contributed by atoms with E-state index in [2.05, 4.69) is 0 Å². The summed E-state index contributed by atoms with van der Waals surface area (Å²) in [6, 6.07) is 5.77. The molecule has 0 spiro atoms. The lowest BCUT2D eigenvalue weighted by Crippen LogP contribution is -2.51. The molecule has 0 aliphatic carbocycles. The van der Waals surface area contributed by atoms with Crippen LogP contribution in [0.1, 0.15) is 21.5 Å². The number of aryl methyl sites for hydroxylation is 2. The third-order valence-corrected chi connectivity index (χ3v) is 3.94. The topological polar surface area (TPSA) is 49.9 Å². The van der Waals surface area contributed by atoms with E-state index in [1.54, 1.807) is 9.80 Å². The molecule has 5 heteroatoms. The molecule has 0 atom stereocenters. The number of hydrogen-bond acceptors (Lipinski definition) is 3. The van der Waals surface area contributed by atoms with Crippen LogP contribution in [-0.2, 0) is 9.53 Å². The van der Waals surface area contributed by atoms with Crippen molar-refractivity contribution in [2.24, 2.45) is 0 Å². The summed E-state index contributed by atoms with van der Waals surface area (Å²) in [4.78, 5) is 27.7. The Morgan fingerprint density at radius 3 is 2.24 bits per heavy atom. The predicted octanol–water partition coefficient (Wildman–Crippen LogP) is 1.23. The maximum atomic E-state index is 12.5. The number of methoxy groups -OCH3 is 1. The average molecular weight is 290 g/mol. The number of ether oxygens (including phenoxy) is 1. The predicted molar refractivity (Wildman–Crippen MR) is 80.3 cm³/mol. The van der Waals surface area contributed by atoms with E-state index in [1.165, 1.54) is 12.7 Å². The van der Waals surface area contributed by atoms with Gasteiger partial charge in [-0.1, -0.05) is 6.07 Å². The van der Waals surface area contributed by atoms with Gasteiger partial charge in [0.1, 0.15) is 6.61 Å². The number of nitrogens with zero attached hydrogens (tertiary/aromatic N) is 2. The Morgan fingerprint density at radius 2 is 1.67 bits per heavy atom. The van der Waals surface area contributed by atoms with Crippen LogP contribution < -0.4 is 0 Å². The molecule has 1 aliphatic rings. The van der Waals surface area contributed by atoms with E-state index in [1.807, 2.05) is 32.0 Å². The summed E-state index contributed by atoms with van der Waals surface area (Å²) < 4.78 is 4.85. The maximum Gasteiger partial charge on any atom is 0.253 e. The second-order valence-electron chi connectivity index (χ2n) is 5.41. The van der Waals surface area contributed by atoms with E-state index < -0.39 is 0 Å². The van der Waals surface area contributed by atoms with Gasteiger partial charge in [0.05, 0.1) is 0 Å². The Kier molecular flexibility index (Phi) is 4.96. The minimum atomic E-state index is -0.0178.